The third kappa shape index (κ3) is 37.1. The monoisotopic (exact) mass is 2060 g/mol. The number of aldehydes is 1. The van der Waals surface area contributed by atoms with Crippen LogP contribution >= 0.6 is 39.1 Å². The van der Waals surface area contributed by atoms with Crippen LogP contribution in [0.1, 0.15) is 109 Å². The second-order valence-electron chi connectivity index (χ2n) is 28.3. The van der Waals surface area contributed by atoms with E-state index in [0.717, 1.165) is 6.42 Å². The molecule has 0 bridgehead atoms. The number of rotatable bonds is 29. The van der Waals surface area contributed by atoms with Crippen LogP contribution in [-0.4, -0.2) is 185 Å². The van der Waals surface area contributed by atoms with Crippen molar-refractivity contribution in [3.05, 3.63) is 243 Å². The van der Waals surface area contributed by atoms with Gasteiger partial charge in [-0.3, -0.25) is 76.3 Å². The number of carboxylic acid groups (broad SMARTS) is 1. The number of nitrogens with zero attached hydrogens (tertiary/aromatic N) is 17. The zero-order chi connectivity index (χ0) is 100. The van der Waals surface area contributed by atoms with E-state index in [1.807, 2.05) is 0 Å². The molecule has 0 saturated carbocycles. The van der Waals surface area contributed by atoms with Crippen LogP contribution < -0.4 is 156 Å². The van der Waals surface area contributed by atoms with Crippen molar-refractivity contribution < 1.29 is 218 Å². The summed E-state index contributed by atoms with van der Waals surface area (Å²) in [6.07, 6.45) is 8.18. The molecule has 8 heterocycles. The predicted octanol–water partition coefficient (Wildman–Crippen LogP) is 3.68. The summed E-state index contributed by atoms with van der Waals surface area (Å²) in [6.45, 7) is 9.63. The third-order valence-electron chi connectivity index (χ3n) is 17.3. The van der Waals surface area contributed by atoms with Gasteiger partial charge >= 0.3 is 133 Å². The van der Waals surface area contributed by atoms with Crippen molar-refractivity contribution in [3.63, 3.8) is 0 Å². The molecule has 0 aliphatic heterocycles. The quantitative estimate of drug-likeness (QED) is 0.00827. The number of Topliss-reactive ketones (excluding diaryl/α,β-unsaturated/α-hetero) is 2. The topological polar surface area (TPSA) is 611 Å². The van der Waals surface area contributed by atoms with Crippen LogP contribution in [0.3, 0.4) is 0 Å². The van der Waals surface area contributed by atoms with Crippen molar-refractivity contribution in [3.8, 4) is 41.0 Å². The fraction of sp³-hybridized carbons (Fsp3) is 0.209. The Bertz CT molecular complexity index is 6430. The van der Waals surface area contributed by atoms with Gasteiger partial charge in [-0.05, 0) is 165 Å². The van der Waals surface area contributed by atoms with Gasteiger partial charge in [0.2, 0.25) is 24.0 Å². The minimum atomic E-state index is -4.64. The molecule has 0 radical (unpaired) electrons. The van der Waals surface area contributed by atoms with Gasteiger partial charge in [0, 0.05) is 108 Å². The number of aliphatic carboxylic acids is 1. The van der Waals surface area contributed by atoms with E-state index in [1.165, 1.54) is 98.7 Å². The summed E-state index contributed by atoms with van der Waals surface area (Å²) >= 11 is 14.5. The number of hydrogen-bond donors (Lipinski definition) is 8. The van der Waals surface area contributed by atoms with E-state index in [1.54, 1.807) is 136 Å². The number of primary amides is 4. The summed E-state index contributed by atoms with van der Waals surface area (Å²) in [7, 11) is 0. The van der Waals surface area contributed by atoms with Gasteiger partial charge in [-0.15, -0.1) is 0 Å². The molecule has 0 spiro atoms. The molecular weight excluding hydrogens is 1980 g/mol. The fourth-order valence-corrected chi connectivity index (χ4v) is 12.1. The van der Waals surface area contributed by atoms with Gasteiger partial charge in [0.15, 0.2) is 39.1 Å². The van der Waals surface area contributed by atoms with Gasteiger partial charge < -0.3 is 74.5 Å². The molecule has 6 aromatic carbocycles. The van der Waals surface area contributed by atoms with Crippen molar-refractivity contribution in [2.45, 2.75) is 106 Å². The summed E-state index contributed by atoms with van der Waals surface area (Å²) in [6, 6.07) is 35.1. The number of hydrogen-bond acceptors (Lipinski definition) is 30. The predicted molar refractivity (Wildman–Crippen MR) is 478 cm³/mol. The molecule has 714 valence electrons. The first-order chi connectivity index (χ1) is 64.6. The van der Waals surface area contributed by atoms with Crippen molar-refractivity contribution in [2.24, 2.45) is 28.9 Å². The molecule has 138 heavy (non-hydrogen) atoms. The molecule has 7 amide bonds. The summed E-state index contributed by atoms with van der Waals surface area (Å²) < 4.78 is 81.5. The zero-order valence-corrected chi connectivity index (χ0v) is 83.6. The Morgan fingerprint density at radius 3 is 1.12 bits per heavy atom. The van der Waals surface area contributed by atoms with Crippen LogP contribution in [0.15, 0.2) is 188 Å². The van der Waals surface area contributed by atoms with Crippen LogP contribution in [0.4, 0.5) is 22.0 Å². The van der Waals surface area contributed by atoms with E-state index < -0.39 is 65.5 Å². The Morgan fingerprint density at radius 1 is 0.507 bits per heavy atom. The Morgan fingerprint density at radius 2 is 0.826 bits per heavy atom. The van der Waals surface area contributed by atoms with Crippen LogP contribution in [-0.2, 0) is 82.5 Å². The number of ketones is 2. The van der Waals surface area contributed by atoms with Crippen molar-refractivity contribution >= 4 is 154 Å². The van der Waals surface area contributed by atoms with Crippen LogP contribution in [0.25, 0.3) is 43.6 Å². The van der Waals surface area contributed by atoms with Gasteiger partial charge in [-0.25, -0.2) is 48.7 Å². The molecule has 0 aliphatic carbocycles. The van der Waals surface area contributed by atoms with E-state index in [4.69, 9.17) is 80.3 Å². The molecule has 42 nitrogen and oxygen atoms in total. The minimum Gasteiger partial charge on any atom is -1.00 e. The van der Waals surface area contributed by atoms with Crippen molar-refractivity contribution in [1.29, 1.82) is 0 Å². The maximum Gasteiger partial charge on any atom is 1.00 e. The van der Waals surface area contributed by atoms with Gasteiger partial charge in [0.05, 0.1) is 51.7 Å². The van der Waals surface area contributed by atoms with Crippen molar-refractivity contribution in [2.75, 3.05) is 6.54 Å². The number of carboxylic acids is 1. The summed E-state index contributed by atoms with van der Waals surface area (Å²) in [5, 5.41) is 50.0. The first-order valence-electron chi connectivity index (χ1n) is 39.4. The van der Waals surface area contributed by atoms with Crippen LogP contribution in [0.2, 0.25) is 10.0 Å². The smallest absolute Gasteiger partial charge is 1.00 e. The second kappa shape index (κ2) is 57.2. The number of carbonyl (C=O) groups is 12. The molecular formula is C86H83BrCl2F5K2N23O19. The van der Waals surface area contributed by atoms with Crippen molar-refractivity contribution in [1.82, 2.24) is 94.5 Å². The number of alkyl halides is 3. The van der Waals surface area contributed by atoms with E-state index in [-0.39, 0.29) is 242 Å². The Kier molecular flexibility index (Phi) is 47.8. The number of halogens is 8. The number of nitrogens with two attached hydrogens (primary N) is 4. The molecule has 14 rings (SSSR count). The Labute approximate surface area is 883 Å². The number of nitrogens with one attached hydrogen (secondary N) is 2. The molecule has 0 saturated heterocycles. The zero-order valence-electron chi connectivity index (χ0n) is 75.3. The number of phenols is 1. The summed E-state index contributed by atoms with van der Waals surface area (Å²) in [5.74, 6) is -4.52. The number of phenolic OH excluding ortho intramolecular Hbond substituents is 1. The SMILES string of the molecule is Brc1ncccn1.CC(=O)Cn1nc(C(N)=O)c2cc(O)ccc21.CC(=O)Cn1nc(C(N)=O)c2cc(Oc3ncccn3)ccc21.CC(C)CCC(=O)NCc1cccc(Cl)c1F.CC(C)N(CC(=O)NCc1cccc(Cl)c1F)C(=O)Cn1nc(C(N)=O)c2cc(Oc3ncccn3)ccc21.NC(=O)c1nn(CC(=O)O)c2ccc(Oc3ncccn3)cc12.O=CC(F)(F)F.O=CO[O-].[H-].[K+].[K+]. The normalized spacial score (nSPS) is 10.4. The van der Waals surface area contributed by atoms with Crippen LogP contribution in [0, 0.1) is 17.6 Å². The molecule has 52 heteroatoms. The van der Waals surface area contributed by atoms with E-state index >= 15 is 0 Å². The molecule has 0 unspecified atom stereocenters. The minimum absolute atomic E-state index is 0. The van der Waals surface area contributed by atoms with Crippen LogP contribution in [0.5, 0.6) is 41.0 Å². The van der Waals surface area contributed by atoms with Gasteiger partial charge in [-0.2, -0.15) is 33.6 Å². The molecule has 12 N–H and O–H groups in total. The second-order valence-corrected chi connectivity index (χ2v) is 29.8. The molecule has 0 fully saturated rings. The summed E-state index contributed by atoms with van der Waals surface area (Å²) in [4.78, 5) is 170. The first kappa shape index (κ1) is 115. The number of fused-ring (bicyclic) bond motifs is 4. The average molecular weight is 2070 g/mol. The Hall–Kier alpha value is -13.1. The molecule has 0 atom stereocenters. The largest absolute Gasteiger partial charge is 1.00 e. The fourth-order valence-electron chi connectivity index (χ4n) is 11.5. The van der Waals surface area contributed by atoms with Gasteiger partial charge in [0.1, 0.15) is 47.7 Å². The maximum absolute atomic E-state index is 14.1. The summed E-state index contributed by atoms with van der Waals surface area (Å²) in [5.41, 5.74) is 24.2. The maximum atomic E-state index is 14.1. The number of ether oxygens (including phenoxy) is 3. The standard InChI is InChI=1S/C26H25ClFN7O4.C15H13N5O3.C14H11N5O4.C13H17ClFNO.C11H11N3O3.C4H3BrN2.C2HF3O.CH2O3.2K.H/c1-15(2)34(13-21(36)32-12-16-5-3-6-19(27)23(16)28)22(37)14-35-20-8-7-17(39-26-30-9-4-10-31-26)11-18(20)24(33-35)25(29)38;1-9(21)8-20-12-4-3-10(23-15-17-5-2-6-18-15)7-11(12)13(19-20)14(16)22;15-13(22)12-9-6-8(23-14-16-4-1-5-17-14)2-3-10(9)19(18-12)7-11(20)21;1-9(2)6-7-12(17)16-8-10-4-3-5-11(14)13(10)15;1-6(15)5-14-9-3-2-7(16)4-8(9)10(13-14)11(12)17;5-4-6-2-1-3-7-4;3-2(4,5)1-6;2-1-4-3;;;/h3-11,15H,12-14H2,1-2H3,(H2,29,38)(H,32,36);2-7H,8H2,1H3,(H2,16,22);1-6H,7H2,(H2,15,22)(H,20,21);3-5,9H,6-8H2,1-2H3,(H,16,17);2-4,16H,5H2,1H3,(H2,12,17);1-3H;1H;1,3H;;;/q;;;;;;;;2*+1;-1/p-1. The molecule has 8 aromatic heterocycles. The number of carbonyl (C=O) groups excluding carboxylic acids is 11. The van der Waals surface area contributed by atoms with E-state index in [2.05, 4.69) is 106 Å². The average Bonchev–Trinajstić information content (AvgIpc) is 1.65. The van der Waals surface area contributed by atoms with E-state index in [0.29, 0.717) is 83.5 Å². The van der Waals surface area contributed by atoms with Gasteiger partial charge in [-0.1, -0.05) is 61.3 Å². The number of aromatic nitrogens is 16. The molecule has 0 aliphatic rings. The number of amides is 7. The molecule has 14 aromatic rings. The number of benzene rings is 6. The Balaban J connectivity index is 0.000000355. The van der Waals surface area contributed by atoms with E-state index in [9.17, 15) is 75.0 Å². The third-order valence-corrected chi connectivity index (χ3v) is 18.3. The first-order valence-corrected chi connectivity index (χ1v) is 41.0. The number of aromatic hydroxyl groups is 1. The van der Waals surface area contributed by atoms with Gasteiger partial charge in [0.25, 0.3) is 30.1 Å².